The van der Waals surface area contributed by atoms with E-state index >= 15 is 0 Å². The van der Waals surface area contributed by atoms with Gasteiger partial charge in [0.25, 0.3) is 0 Å². The van der Waals surface area contributed by atoms with Gasteiger partial charge in [-0.25, -0.2) is 8.42 Å². The summed E-state index contributed by atoms with van der Waals surface area (Å²) in [5, 5.41) is 3.17. The number of rotatable bonds is 8. The van der Waals surface area contributed by atoms with Crippen molar-refractivity contribution in [2.24, 2.45) is 0 Å². The van der Waals surface area contributed by atoms with Gasteiger partial charge >= 0.3 is 0 Å². The Hall–Kier alpha value is -2.25. The third kappa shape index (κ3) is 5.62. The van der Waals surface area contributed by atoms with E-state index in [-0.39, 0.29) is 17.6 Å². The van der Waals surface area contributed by atoms with Crippen molar-refractivity contribution in [1.29, 1.82) is 0 Å². The van der Waals surface area contributed by atoms with Crippen LogP contribution in [0.25, 0.3) is 0 Å². The Morgan fingerprint density at radius 3 is 2.36 bits per heavy atom. The summed E-state index contributed by atoms with van der Waals surface area (Å²) in [6.45, 7) is 3.61. The van der Waals surface area contributed by atoms with Crippen molar-refractivity contribution >= 4 is 33.2 Å². The van der Waals surface area contributed by atoms with Crippen molar-refractivity contribution in [1.82, 2.24) is 5.32 Å². The highest BCUT2D eigenvalue weighted by Crippen LogP contribution is 2.30. The van der Waals surface area contributed by atoms with Crippen LogP contribution in [0.1, 0.15) is 30.5 Å². The van der Waals surface area contributed by atoms with Crippen LogP contribution in [0.2, 0.25) is 5.02 Å². The first kappa shape index (κ1) is 22.0. The Labute approximate surface area is 171 Å². The lowest BCUT2D eigenvalue weighted by atomic mass is 10.0. The molecule has 0 spiro atoms. The minimum atomic E-state index is -3.69. The van der Waals surface area contributed by atoms with E-state index in [1.54, 1.807) is 12.1 Å². The van der Waals surface area contributed by atoms with E-state index in [0.29, 0.717) is 17.9 Å². The molecule has 0 radical (unpaired) electrons. The highest BCUT2D eigenvalue weighted by atomic mass is 35.5. The third-order valence-electron chi connectivity index (χ3n) is 4.33. The van der Waals surface area contributed by atoms with E-state index in [1.807, 2.05) is 38.1 Å². The van der Waals surface area contributed by atoms with E-state index in [0.717, 1.165) is 21.7 Å². The Morgan fingerprint density at radius 1 is 1.21 bits per heavy atom. The Bertz CT molecular complexity index is 930. The van der Waals surface area contributed by atoms with Crippen LogP contribution in [-0.2, 0) is 14.8 Å². The summed E-state index contributed by atoms with van der Waals surface area (Å²) in [6.07, 6.45) is 1.73. The molecule has 0 saturated heterocycles. The molecule has 0 aliphatic carbocycles. The number of nitrogens with zero attached hydrogens (tertiary/aromatic N) is 1. The predicted molar refractivity (Wildman–Crippen MR) is 113 cm³/mol. The second-order valence-electron chi connectivity index (χ2n) is 6.53. The van der Waals surface area contributed by atoms with Crippen LogP contribution in [0, 0.1) is 6.92 Å². The Morgan fingerprint density at radius 2 is 1.86 bits per heavy atom. The van der Waals surface area contributed by atoms with Crippen LogP contribution in [0.4, 0.5) is 5.69 Å². The van der Waals surface area contributed by atoms with Gasteiger partial charge in [-0.1, -0.05) is 48.4 Å². The van der Waals surface area contributed by atoms with Crippen LogP contribution in [0.5, 0.6) is 5.75 Å². The lowest BCUT2D eigenvalue weighted by molar-refractivity contribution is -0.120. The molecule has 1 atom stereocenters. The molecule has 0 unspecified atom stereocenters. The van der Waals surface area contributed by atoms with E-state index in [9.17, 15) is 13.2 Å². The standard InChI is InChI=1S/C20H25ClN2O4S/c1-5-18(15-8-6-14(2)7-9-15)22-20(24)13-23(28(4,25)26)16-10-11-19(27-3)17(21)12-16/h6-12,18H,5,13H2,1-4H3,(H,22,24)/t18-/m1/s1. The quantitative estimate of drug-likeness (QED) is 0.701. The molecule has 2 aromatic carbocycles. The first-order valence-electron chi connectivity index (χ1n) is 8.83. The molecule has 0 saturated carbocycles. The molecule has 0 bridgehead atoms. The fourth-order valence-corrected chi connectivity index (χ4v) is 3.90. The van der Waals surface area contributed by atoms with Crippen molar-refractivity contribution in [2.75, 3.05) is 24.2 Å². The smallest absolute Gasteiger partial charge is 0.241 e. The van der Waals surface area contributed by atoms with Gasteiger partial charge in [0.2, 0.25) is 15.9 Å². The zero-order valence-electron chi connectivity index (χ0n) is 16.4. The van der Waals surface area contributed by atoms with Gasteiger partial charge in [0.1, 0.15) is 12.3 Å². The third-order valence-corrected chi connectivity index (χ3v) is 5.77. The van der Waals surface area contributed by atoms with Gasteiger partial charge in [0.15, 0.2) is 0 Å². The number of halogens is 1. The molecule has 0 heterocycles. The minimum absolute atomic E-state index is 0.200. The second kappa shape index (κ2) is 9.30. The van der Waals surface area contributed by atoms with Gasteiger partial charge in [0, 0.05) is 0 Å². The molecule has 0 aromatic heterocycles. The number of aryl methyl sites for hydroxylation is 1. The molecule has 28 heavy (non-hydrogen) atoms. The fraction of sp³-hybridized carbons (Fsp3) is 0.350. The number of methoxy groups -OCH3 is 1. The number of carbonyl (C=O) groups excluding carboxylic acids is 1. The van der Waals surface area contributed by atoms with Crippen LogP contribution < -0.4 is 14.4 Å². The highest BCUT2D eigenvalue weighted by Gasteiger charge is 2.23. The number of carbonyl (C=O) groups is 1. The average molecular weight is 425 g/mol. The molecule has 8 heteroatoms. The topological polar surface area (TPSA) is 75.7 Å². The summed E-state index contributed by atoms with van der Waals surface area (Å²) in [5.74, 6) is 0.0264. The number of ether oxygens (including phenoxy) is 1. The summed E-state index contributed by atoms with van der Waals surface area (Å²) >= 11 is 6.11. The number of anilines is 1. The molecule has 6 nitrogen and oxygen atoms in total. The lowest BCUT2D eigenvalue weighted by Gasteiger charge is -2.24. The molecule has 0 aliphatic rings. The Kier molecular flexibility index (Phi) is 7.32. The maximum atomic E-state index is 12.6. The zero-order chi connectivity index (χ0) is 20.9. The van der Waals surface area contributed by atoms with E-state index in [2.05, 4.69) is 5.32 Å². The van der Waals surface area contributed by atoms with E-state index in [4.69, 9.17) is 16.3 Å². The van der Waals surface area contributed by atoms with Gasteiger partial charge in [-0.15, -0.1) is 0 Å². The summed E-state index contributed by atoms with van der Waals surface area (Å²) in [7, 11) is -2.22. The van der Waals surface area contributed by atoms with Gasteiger partial charge in [-0.05, 0) is 37.1 Å². The zero-order valence-corrected chi connectivity index (χ0v) is 18.0. The van der Waals surface area contributed by atoms with Crippen molar-refractivity contribution in [3.8, 4) is 5.75 Å². The molecule has 2 aromatic rings. The van der Waals surface area contributed by atoms with Crippen LogP contribution in [-0.4, -0.2) is 34.2 Å². The van der Waals surface area contributed by atoms with Crippen LogP contribution in [0.15, 0.2) is 42.5 Å². The summed E-state index contributed by atoms with van der Waals surface area (Å²) < 4.78 is 30.7. The lowest BCUT2D eigenvalue weighted by Crippen LogP contribution is -2.41. The Balaban J connectivity index is 2.21. The number of hydrogen-bond donors (Lipinski definition) is 1. The minimum Gasteiger partial charge on any atom is -0.495 e. The van der Waals surface area contributed by atoms with E-state index < -0.39 is 15.9 Å². The summed E-state index contributed by atoms with van der Waals surface area (Å²) in [5.41, 5.74) is 2.40. The first-order chi connectivity index (χ1) is 13.2. The summed E-state index contributed by atoms with van der Waals surface area (Å²) in [6, 6.07) is 12.3. The highest BCUT2D eigenvalue weighted by molar-refractivity contribution is 7.92. The maximum absolute atomic E-state index is 12.6. The van der Waals surface area contributed by atoms with Crippen LogP contribution >= 0.6 is 11.6 Å². The van der Waals surface area contributed by atoms with E-state index in [1.165, 1.54) is 13.2 Å². The molecule has 0 fully saturated rings. The van der Waals surface area contributed by atoms with Gasteiger partial charge in [-0.2, -0.15) is 0 Å². The molecule has 152 valence electrons. The monoisotopic (exact) mass is 424 g/mol. The van der Waals surface area contributed by atoms with Crippen molar-refractivity contribution in [3.05, 3.63) is 58.6 Å². The SMILES string of the molecule is CC[C@@H](NC(=O)CN(c1ccc(OC)c(Cl)c1)S(C)(=O)=O)c1ccc(C)cc1. The van der Waals surface area contributed by atoms with Crippen molar-refractivity contribution in [3.63, 3.8) is 0 Å². The van der Waals surface area contributed by atoms with Gasteiger partial charge in [-0.3, -0.25) is 9.10 Å². The molecular weight excluding hydrogens is 400 g/mol. The number of hydrogen-bond acceptors (Lipinski definition) is 4. The number of benzene rings is 2. The van der Waals surface area contributed by atoms with Gasteiger partial charge < -0.3 is 10.1 Å². The second-order valence-corrected chi connectivity index (χ2v) is 8.84. The largest absolute Gasteiger partial charge is 0.495 e. The molecule has 1 N–H and O–H groups in total. The molecule has 0 aliphatic heterocycles. The predicted octanol–water partition coefficient (Wildman–Crippen LogP) is 3.69. The first-order valence-corrected chi connectivity index (χ1v) is 11.1. The fourth-order valence-electron chi connectivity index (χ4n) is 2.80. The normalized spacial score (nSPS) is 12.3. The van der Waals surface area contributed by atoms with Crippen LogP contribution in [0.3, 0.4) is 0 Å². The molecule has 2 rings (SSSR count). The number of amides is 1. The summed E-state index contributed by atoms with van der Waals surface area (Å²) in [4.78, 5) is 12.6. The number of sulfonamides is 1. The molecule has 1 amide bonds. The average Bonchev–Trinajstić information content (AvgIpc) is 2.64. The molecular formula is C20H25ClN2O4S. The van der Waals surface area contributed by atoms with Gasteiger partial charge in [0.05, 0.1) is 30.1 Å². The number of nitrogens with one attached hydrogen (secondary N) is 1. The van der Waals surface area contributed by atoms with Crippen molar-refractivity contribution in [2.45, 2.75) is 26.3 Å². The van der Waals surface area contributed by atoms with Crippen molar-refractivity contribution < 1.29 is 17.9 Å². The maximum Gasteiger partial charge on any atom is 0.241 e.